The van der Waals surface area contributed by atoms with Gasteiger partial charge in [0.05, 0.1) is 10.1 Å². The Bertz CT molecular complexity index is 840. The molecule has 4 nitrogen and oxygen atoms in total. The Hall–Kier alpha value is -2.18. The maximum Gasteiger partial charge on any atom is 0.244 e. The Labute approximate surface area is 153 Å². The van der Waals surface area contributed by atoms with Gasteiger partial charge in [0, 0.05) is 36.4 Å². The number of halogens is 1. The lowest BCUT2D eigenvalue weighted by Crippen LogP contribution is -2.21. The van der Waals surface area contributed by atoms with Crippen LogP contribution in [0.25, 0.3) is 6.08 Å². The van der Waals surface area contributed by atoms with Crippen molar-refractivity contribution in [3.63, 3.8) is 0 Å². The lowest BCUT2D eigenvalue weighted by molar-refractivity contribution is -0.116. The maximum atomic E-state index is 12.0. The van der Waals surface area contributed by atoms with Crippen molar-refractivity contribution in [1.29, 1.82) is 0 Å². The van der Waals surface area contributed by atoms with Crippen molar-refractivity contribution < 1.29 is 4.79 Å². The smallest absolute Gasteiger partial charge is 0.244 e. The molecule has 24 heavy (non-hydrogen) atoms. The lowest BCUT2D eigenvalue weighted by Gasteiger charge is -2.10. The molecule has 0 aliphatic rings. The molecule has 1 N–H and O–H groups in total. The van der Waals surface area contributed by atoms with Crippen LogP contribution in [0.5, 0.6) is 0 Å². The first-order valence-corrected chi connectivity index (χ1v) is 9.05. The molecule has 0 saturated heterocycles. The van der Waals surface area contributed by atoms with E-state index in [1.54, 1.807) is 29.9 Å². The highest BCUT2D eigenvalue weighted by molar-refractivity contribution is 9.11. The number of imidazole rings is 1. The number of carbonyl (C=O) groups is 1. The molecule has 0 radical (unpaired) electrons. The van der Waals surface area contributed by atoms with Crippen molar-refractivity contribution in [2.75, 3.05) is 0 Å². The molecule has 3 rings (SSSR count). The molecule has 6 heteroatoms. The van der Waals surface area contributed by atoms with Crippen LogP contribution in [0, 0.1) is 0 Å². The largest absolute Gasteiger partial charge is 0.348 e. The summed E-state index contributed by atoms with van der Waals surface area (Å²) in [5.41, 5.74) is 2.27. The zero-order chi connectivity index (χ0) is 16.8. The third-order valence-corrected chi connectivity index (χ3v) is 5.07. The molecule has 1 aromatic carbocycles. The van der Waals surface area contributed by atoms with E-state index < -0.39 is 0 Å². The van der Waals surface area contributed by atoms with Gasteiger partial charge in [-0.1, -0.05) is 24.3 Å². The third kappa shape index (κ3) is 4.66. The van der Waals surface area contributed by atoms with Crippen LogP contribution in [0.1, 0.15) is 16.0 Å². The number of hydrogen-bond acceptors (Lipinski definition) is 3. The second-order valence-electron chi connectivity index (χ2n) is 5.20. The van der Waals surface area contributed by atoms with Gasteiger partial charge < -0.3 is 9.88 Å². The molecular formula is C18H16BrN3OS. The fourth-order valence-corrected chi connectivity index (χ4v) is 3.60. The summed E-state index contributed by atoms with van der Waals surface area (Å²) in [6, 6.07) is 12.0. The number of aromatic nitrogens is 2. The predicted octanol–water partition coefficient (Wildman–Crippen LogP) is 4.09. The van der Waals surface area contributed by atoms with Gasteiger partial charge in [0.2, 0.25) is 5.91 Å². The van der Waals surface area contributed by atoms with Gasteiger partial charge in [-0.25, -0.2) is 4.98 Å². The number of hydrogen-bond donors (Lipinski definition) is 1. The molecule has 0 unspecified atom stereocenters. The van der Waals surface area contributed by atoms with Gasteiger partial charge in [-0.15, -0.1) is 11.3 Å². The maximum absolute atomic E-state index is 12.0. The van der Waals surface area contributed by atoms with Gasteiger partial charge in [0.1, 0.15) is 0 Å². The number of carbonyl (C=O) groups excluding carboxylic acids is 1. The topological polar surface area (TPSA) is 46.9 Å². The van der Waals surface area contributed by atoms with Crippen molar-refractivity contribution in [1.82, 2.24) is 14.9 Å². The van der Waals surface area contributed by atoms with E-state index in [4.69, 9.17) is 0 Å². The van der Waals surface area contributed by atoms with Gasteiger partial charge in [0.15, 0.2) is 0 Å². The molecule has 0 saturated carbocycles. The van der Waals surface area contributed by atoms with Crippen molar-refractivity contribution in [3.8, 4) is 0 Å². The zero-order valence-electron chi connectivity index (χ0n) is 12.9. The molecule has 3 aromatic rings. The number of nitrogens with one attached hydrogen (secondary N) is 1. The number of benzene rings is 1. The molecule has 0 bridgehead atoms. The molecule has 0 fully saturated rings. The van der Waals surface area contributed by atoms with E-state index in [2.05, 4.69) is 32.3 Å². The summed E-state index contributed by atoms with van der Waals surface area (Å²) in [6.07, 6.45) is 8.87. The second kappa shape index (κ2) is 8.08. The summed E-state index contributed by atoms with van der Waals surface area (Å²) < 4.78 is 3.06. The molecule has 0 spiro atoms. The van der Waals surface area contributed by atoms with E-state index >= 15 is 0 Å². The third-order valence-electron chi connectivity index (χ3n) is 3.48. The SMILES string of the molecule is O=C(/C=C/c1ccc(Br)s1)NCc1ccccc1Cn1ccnc1. The number of amides is 1. The van der Waals surface area contributed by atoms with Gasteiger partial charge in [-0.05, 0) is 45.3 Å². The highest BCUT2D eigenvalue weighted by Crippen LogP contribution is 2.22. The normalized spacial score (nSPS) is 11.0. The minimum absolute atomic E-state index is 0.100. The zero-order valence-corrected chi connectivity index (χ0v) is 15.3. The molecule has 122 valence electrons. The average Bonchev–Trinajstić information content (AvgIpc) is 3.24. The van der Waals surface area contributed by atoms with E-state index in [0.717, 1.165) is 20.8 Å². The summed E-state index contributed by atoms with van der Waals surface area (Å²) in [5.74, 6) is -0.100. The summed E-state index contributed by atoms with van der Waals surface area (Å²) in [6.45, 7) is 1.24. The Morgan fingerprint density at radius 3 is 2.79 bits per heavy atom. The number of nitrogens with zero attached hydrogens (tertiary/aromatic N) is 2. The van der Waals surface area contributed by atoms with Crippen LogP contribution in [0.2, 0.25) is 0 Å². The Balaban J connectivity index is 1.60. The Morgan fingerprint density at radius 1 is 1.25 bits per heavy atom. The van der Waals surface area contributed by atoms with Gasteiger partial charge in [0.25, 0.3) is 0 Å². The van der Waals surface area contributed by atoms with Crippen LogP contribution in [0.4, 0.5) is 0 Å². The molecule has 1 amide bonds. The van der Waals surface area contributed by atoms with E-state index in [1.807, 2.05) is 47.2 Å². The van der Waals surface area contributed by atoms with Crippen LogP contribution in [-0.4, -0.2) is 15.5 Å². The van der Waals surface area contributed by atoms with Crippen LogP contribution in [0.3, 0.4) is 0 Å². The minimum atomic E-state index is -0.100. The van der Waals surface area contributed by atoms with Crippen molar-refractivity contribution in [3.05, 3.63) is 81.0 Å². The molecular weight excluding hydrogens is 386 g/mol. The summed E-state index contributed by atoms with van der Waals surface area (Å²) in [5, 5.41) is 2.94. The van der Waals surface area contributed by atoms with E-state index in [9.17, 15) is 4.79 Å². The molecule has 0 atom stereocenters. The standard InChI is InChI=1S/C18H16BrN3OS/c19-17-7-5-16(24-17)6-8-18(23)21-11-14-3-1-2-4-15(14)12-22-10-9-20-13-22/h1-10,13H,11-12H2,(H,21,23)/b8-6+. The number of thiophene rings is 1. The van der Waals surface area contributed by atoms with E-state index in [1.165, 1.54) is 5.56 Å². The summed E-state index contributed by atoms with van der Waals surface area (Å²) >= 11 is 5.00. The highest BCUT2D eigenvalue weighted by Gasteiger charge is 2.04. The highest BCUT2D eigenvalue weighted by atomic mass is 79.9. The first-order valence-electron chi connectivity index (χ1n) is 7.44. The van der Waals surface area contributed by atoms with Crippen LogP contribution >= 0.6 is 27.3 Å². The van der Waals surface area contributed by atoms with Crippen molar-refractivity contribution >= 4 is 39.2 Å². The molecule has 0 aliphatic heterocycles. The monoisotopic (exact) mass is 401 g/mol. The first-order chi connectivity index (χ1) is 11.7. The summed E-state index contributed by atoms with van der Waals surface area (Å²) in [4.78, 5) is 17.1. The van der Waals surface area contributed by atoms with Crippen LogP contribution in [-0.2, 0) is 17.9 Å². The van der Waals surface area contributed by atoms with Crippen molar-refractivity contribution in [2.45, 2.75) is 13.1 Å². The van der Waals surface area contributed by atoms with Crippen LogP contribution < -0.4 is 5.32 Å². The quantitative estimate of drug-likeness (QED) is 0.632. The average molecular weight is 402 g/mol. The molecule has 2 aromatic heterocycles. The van der Waals surface area contributed by atoms with E-state index in [-0.39, 0.29) is 5.91 Å². The fraction of sp³-hybridized carbons (Fsp3) is 0.111. The second-order valence-corrected chi connectivity index (χ2v) is 7.69. The fourth-order valence-electron chi connectivity index (χ4n) is 2.28. The van der Waals surface area contributed by atoms with Gasteiger partial charge in [-0.3, -0.25) is 4.79 Å². The minimum Gasteiger partial charge on any atom is -0.348 e. The van der Waals surface area contributed by atoms with Crippen LogP contribution in [0.15, 0.2) is 65.0 Å². The first kappa shape index (κ1) is 16.7. The number of rotatable bonds is 6. The molecule has 2 heterocycles. The molecule has 0 aliphatic carbocycles. The predicted molar refractivity (Wildman–Crippen MR) is 101 cm³/mol. The van der Waals surface area contributed by atoms with Gasteiger partial charge in [-0.2, -0.15) is 0 Å². The Kier molecular flexibility index (Phi) is 5.61. The Morgan fingerprint density at radius 2 is 2.08 bits per heavy atom. The summed E-state index contributed by atoms with van der Waals surface area (Å²) in [7, 11) is 0. The van der Waals surface area contributed by atoms with E-state index in [0.29, 0.717) is 6.54 Å². The van der Waals surface area contributed by atoms with Gasteiger partial charge >= 0.3 is 0 Å². The van der Waals surface area contributed by atoms with Crippen molar-refractivity contribution in [2.24, 2.45) is 0 Å². The lowest BCUT2D eigenvalue weighted by atomic mass is 10.1.